The maximum atomic E-state index is 13.6. The van der Waals surface area contributed by atoms with Crippen molar-refractivity contribution in [2.45, 2.75) is 13.3 Å². The van der Waals surface area contributed by atoms with Gasteiger partial charge in [-0.25, -0.2) is 0 Å². The van der Waals surface area contributed by atoms with Gasteiger partial charge >= 0.3 is 5.69 Å². The van der Waals surface area contributed by atoms with Crippen LogP contribution in [0, 0.1) is 15.9 Å². The van der Waals surface area contributed by atoms with Crippen LogP contribution in [-0.4, -0.2) is 4.92 Å². The summed E-state index contributed by atoms with van der Waals surface area (Å²) in [5.74, 6) is -0.852. The van der Waals surface area contributed by atoms with Gasteiger partial charge in [-0.3, -0.25) is 10.1 Å². The third kappa shape index (κ3) is 2.96. The number of nitrogens with zero attached hydrogens (tertiary/aromatic N) is 1. The van der Waals surface area contributed by atoms with E-state index in [-0.39, 0.29) is 5.69 Å². The first-order valence-electron chi connectivity index (χ1n) is 6.01. The van der Waals surface area contributed by atoms with Crippen molar-refractivity contribution in [3.05, 3.63) is 62.4 Å². The second-order valence-corrected chi connectivity index (χ2v) is 5.09. The van der Waals surface area contributed by atoms with Crippen molar-refractivity contribution in [1.29, 1.82) is 0 Å². The Kier molecular flexibility index (Phi) is 4.34. The molecule has 20 heavy (non-hydrogen) atoms. The Morgan fingerprint density at radius 2 is 2.05 bits per heavy atom. The number of nitrogens with one attached hydrogen (secondary N) is 1. The minimum Gasteiger partial charge on any atom is -0.350 e. The van der Waals surface area contributed by atoms with Crippen molar-refractivity contribution >= 4 is 33.0 Å². The quantitative estimate of drug-likeness (QED) is 0.643. The largest absolute Gasteiger partial charge is 0.350 e. The van der Waals surface area contributed by atoms with E-state index in [0.717, 1.165) is 28.2 Å². The number of nitro benzene ring substituents is 1. The summed E-state index contributed by atoms with van der Waals surface area (Å²) >= 11 is 3.38. The van der Waals surface area contributed by atoms with Gasteiger partial charge in [0.15, 0.2) is 0 Å². The van der Waals surface area contributed by atoms with Crippen molar-refractivity contribution < 1.29 is 9.31 Å². The Balaban J connectivity index is 2.45. The summed E-state index contributed by atoms with van der Waals surface area (Å²) in [6.07, 6.45) is 0.755. The van der Waals surface area contributed by atoms with E-state index in [9.17, 15) is 14.5 Å². The van der Waals surface area contributed by atoms with E-state index >= 15 is 0 Å². The Morgan fingerprint density at radius 3 is 2.70 bits per heavy atom. The summed E-state index contributed by atoms with van der Waals surface area (Å²) in [5, 5.41) is 13.9. The van der Waals surface area contributed by atoms with Crippen LogP contribution in [0.15, 0.2) is 40.9 Å². The average molecular weight is 339 g/mol. The number of anilines is 2. The molecule has 0 radical (unpaired) electrons. The molecule has 0 atom stereocenters. The fourth-order valence-corrected chi connectivity index (χ4v) is 2.33. The van der Waals surface area contributed by atoms with Gasteiger partial charge in [-0.15, -0.1) is 0 Å². The number of rotatable bonds is 4. The van der Waals surface area contributed by atoms with Gasteiger partial charge in [-0.2, -0.15) is 4.39 Å². The first kappa shape index (κ1) is 14.5. The number of hydrogen-bond donors (Lipinski definition) is 1. The van der Waals surface area contributed by atoms with Crippen molar-refractivity contribution in [1.82, 2.24) is 0 Å². The summed E-state index contributed by atoms with van der Waals surface area (Å²) in [4.78, 5) is 10.2. The van der Waals surface area contributed by atoms with Crippen LogP contribution in [0.3, 0.4) is 0 Å². The van der Waals surface area contributed by atoms with Crippen LogP contribution in [0.2, 0.25) is 0 Å². The highest BCUT2D eigenvalue weighted by atomic mass is 79.9. The lowest BCUT2D eigenvalue weighted by Crippen LogP contribution is -2.01. The number of benzene rings is 2. The van der Waals surface area contributed by atoms with Gasteiger partial charge in [0.2, 0.25) is 5.82 Å². The van der Waals surface area contributed by atoms with E-state index in [4.69, 9.17) is 0 Å². The molecule has 0 aromatic heterocycles. The van der Waals surface area contributed by atoms with Crippen LogP contribution in [-0.2, 0) is 6.42 Å². The number of hydrogen-bond acceptors (Lipinski definition) is 3. The topological polar surface area (TPSA) is 55.2 Å². The molecule has 0 spiro atoms. The van der Waals surface area contributed by atoms with Crippen molar-refractivity contribution in [3.8, 4) is 0 Å². The minimum absolute atomic E-state index is 0.145. The predicted octanol–water partition coefficient (Wildman–Crippen LogP) is 4.80. The van der Waals surface area contributed by atoms with E-state index in [1.54, 1.807) is 6.07 Å². The lowest BCUT2D eigenvalue weighted by atomic mass is 10.1. The molecule has 0 bridgehead atoms. The molecule has 6 heteroatoms. The number of halogens is 2. The zero-order chi connectivity index (χ0) is 14.7. The van der Waals surface area contributed by atoms with Gasteiger partial charge in [-0.1, -0.05) is 28.9 Å². The molecule has 4 nitrogen and oxygen atoms in total. The fourth-order valence-electron chi connectivity index (χ4n) is 1.92. The van der Waals surface area contributed by atoms with E-state index in [0.29, 0.717) is 0 Å². The number of para-hydroxylation sites is 1. The van der Waals surface area contributed by atoms with E-state index in [1.165, 1.54) is 12.1 Å². The van der Waals surface area contributed by atoms with Gasteiger partial charge in [0.1, 0.15) is 5.69 Å². The molecule has 0 unspecified atom stereocenters. The monoisotopic (exact) mass is 338 g/mol. The Morgan fingerprint density at radius 1 is 1.30 bits per heavy atom. The molecular weight excluding hydrogens is 327 g/mol. The van der Waals surface area contributed by atoms with Crippen LogP contribution < -0.4 is 5.32 Å². The maximum Gasteiger partial charge on any atom is 0.327 e. The van der Waals surface area contributed by atoms with Crippen LogP contribution in [0.4, 0.5) is 21.5 Å². The first-order chi connectivity index (χ1) is 9.52. The van der Waals surface area contributed by atoms with E-state index in [1.807, 2.05) is 19.1 Å². The van der Waals surface area contributed by atoms with Crippen LogP contribution >= 0.6 is 15.9 Å². The van der Waals surface area contributed by atoms with Gasteiger partial charge in [-0.05, 0) is 42.3 Å². The molecule has 2 aromatic rings. The van der Waals surface area contributed by atoms with E-state index in [2.05, 4.69) is 21.2 Å². The highest BCUT2D eigenvalue weighted by Crippen LogP contribution is 2.32. The highest BCUT2D eigenvalue weighted by Gasteiger charge is 2.20. The molecule has 0 saturated heterocycles. The number of nitro groups is 1. The molecule has 0 saturated carbocycles. The molecule has 0 aliphatic rings. The lowest BCUT2D eigenvalue weighted by Gasteiger charge is -2.12. The molecule has 0 amide bonds. The van der Waals surface area contributed by atoms with Crippen molar-refractivity contribution in [2.75, 3.05) is 5.32 Å². The summed E-state index contributed by atoms with van der Waals surface area (Å²) in [5.41, 5.74) is 1.31. The predicted molar refractivity (Wildman–Crippen MR) is 79.9 cm³/mol. The third-order valence-electron chi connectivity index (χ3n) is 2.89. The van der Waals surface area contributed by atoms with Gasteiger partial charge in [0.25, 0.3) is 0 Å². The zero-order valence-corrected chi connectivity index (χ0v) is 12.3. The summed E-state index contributed by atoms with van der Waals surface area (Å²) < 4.78 is 14.5. The molecule has 0 heterocycles. The molecule has 0 aliphatic heterocycles. The smallest absolute Gasteiger partial charge is 0.327 e. The van der Waals surface area contributed by atoms with Crippen LogP contribution in [0.25, 0.3) is 0 Å². The lowest BCUT2D eigenvalue weighted by molar-refractivity contribution is -0.386. The standard InChI is InChI=1S/C14H12BrFN2O2/c1-2-9-8-10(15)6-7-12(9)17-13-5-3-4-11(16)14(13)18(19)20/h3-8,17H,2H2,1H3. The van der Waals surface area contributed by atoms with Gasteiger partial charge in [0.05, 0.1) is 4.92 Å². The fraction of sp³-hybridized carbons (Fsp3) is 0.143. The van der Waals surface area contributed by atoms with Crippen molar-refractivity contribution in [3.63, 3.8) is 0 Å². The molecular formula is C14H12BrFN2O2. The van der Waals surface area contributed by atoms with Crippen LogP contribution in [0.1, 0.15) is 12.5 Å². The average Bonchev–Trinajstić information content (AvgIpc) is 2.40. The molecule has 2 rings (SSSR count). The third-order valence-corrected chi connectivity index (χ3v) is 3.38. The highest BCUT2D eigenvalue weighted by molar-refractivity contribution is 9.10. The molecule has 104 valence electrons. The zero-order valence-electron chi connectivity index (χ0n) is 10.7. The van der Waals surface area contributed by atoms with Gasteiger partial charge < -0.3 is 5.32 Å². The molecule has 1 N–H and O–H groups in total. The summed E-state index contributed by atoms with van der Waals surface area (Å²) in [6.45, 7) is 1.98. The Hall–Kier alpha value is -1.95. The Labute approximate surface area is 123 Å². The second-order valence-electron chi connectivity index (χ2n) is 4.17. The molecule has 0 aliphatic carbocycles. The summed E-state index contributed by atoms with van der Waals surface area (Å²) in [7, 11) is 0. The van der Waals surface area contributed by atoms with Crippen molar-refractivity contribution in [2.24, 2.45) is 0 Å². The first-order valence-corrected chi connectivity index (χ1v) is 6.80. The van der Waals surface area contributed by atoms with Crippen LogP contribution in [0.5, 0.6) is 0 Å². The minimum atomic E-state index is -0.852. The van der Waals surface area contributed by atoms with E-state index < -0.39 is 16.4 Å². The maximum absolute atomic E-state index is 13.6. The Bertz CT molecular complexity index is 662. The SMILES string of the molecule is CCc1cc(Br)ccc1Nc1cccc(F)c1[N+](=O)[O-]. The summed E-state index contributed by atoms with van der Waals surface area (Å²) in [6, 6.07) is 9.56. The normalized spacial score (nSPS) is 10.3. The second kappa shape index (κ2) is 6.00. The molecule has 2 aromatic carbocycles. The van der Waals surface area contributed by atoms with Gasteiger partial charge in [0, 0.05) is 10.2 Å². The number of aryl methyl sites for hydroxylation is 1. The molecule has 0 fully saturated rings.